The molecular weight excluding hydrogens is 286 g/mol. The summed E-state index contributed by atoms with van der Waals surface area (Å²) in [6.45, 7) is 0.869. The number of rotatable bonds is 4. The van der Waals surface area contributed by atoms with E-state index in [2.05, 4.69) is 15.4 Å². The van der Waals surface area contributed by atoms with E-state index in [-0.39, 0.29) is 24.1 Å². The third-order valence-corrected chi connectivity index (χ3v) is 4.05. The van der Waals surface area contributed by atoms with Gasteiger partial charge < -0.3 is 15.4 Å². The van der Waals surface area contributed by atoms with Gasteiger partial charge in [0.1, 0.15) is 0 Å². The fourth-order valence-corrected chi connectivity index (χ4v) is 2.96. The molecule has 2 N–H and O–H groups in total. The maximum atomic E-state index is 13.5. The molecule has 110 valence electrons. The summed E-state index contributed by atoms with van der Waals surface area (Å²) in [6, 6.07) is 2.19. The lowest BCUT2D eigenvalue weighted by molar-refractivity contribution is -0.116. The van der Waals surface area contributed by atoms with Crippen LogP contribution in [-0.2, 0) is 4.79 Å². The monoisotopic (exact) mass is 302 g/mol. The van der Waals surface area contributed by atoms with Gasteiger partial charge in [-0.1, -0.05) is 0 Å². The predicted molar refractivity (Wildman–Crippen MR) is 75.3 cm³/mol. The molecule has 1 aromatic carbocycles. The Hall–Kier alpha value is -1.34. The summed E-state index contributed by atoms with van der Waals surface area (Å²) in [5, 5.41) is 5.73. The first-order chi connectivity index (χ1) is 9.60. The third-order valence-electron chi connectivity index (χ3n) is 2.92. The van der Waals surface area contributed by atoms with Crippen LogP contribution in [0.3, 0.4) is 0 Å². The molecular formula is C13H16F2N2O2S. The van der Waals surface area contributed by atoms with E-state index in [0.29, 0.717) is 0 Å². The second kappa shape index (κ2) is 6.90. The van der Waals surface area contributed by atoms with E-state index in [1.807, 2.05) is 0 Å². The average Bonchev–Trinajstić information content (AvgIpc) is 2.39. The molecule has 0 radical (unpaired) electrons. The van der Waals surface area contributed by atoms with Gasteiger partial charge in [-0.25, -0.2) is 8.78 Å². The van der Waals surface area contributed by atoms with Crippen molar-refractivity contribution in [2.45, 2.75) is 12.5 Å². The zero-order valence-electron chi connectivity index (χ0n) is 11.0. The van der Waals surface area contributed by atoms with Gasteiger partial charge in [-0.2, -0.15) is 11.8 Å². The molecule has 1 unspecified atom stereocenters. The molecule has 1 heterocycles. The number of hydrogen-bond acceptors (Lipinski definition) is 4. The number of carbonyl (C=O) groups excluding carboxylic acids is 1. The summed E-state index contributed by atoms with van der Waals surface area (Å²) >= 11 is 1.78. The molecule has 1 amide bonds. The Morgan fingerprint density at radius 2 is 2.20 bits per heavy atom. The average molecular weight is 302 g/mol. The van der Waals surface area contributed by atoms with Crippen LogP contribution >= 0.6 is 11.8 Å². The zero-order chi connectivity index (χ0) is 14.5. The molecule has 1 saturated heterocycles. The van der Waals surface area contributed by atoms with Crippen LogP contribution in [0.25, 0.3) is 0 Å². The summed E-state index contributed by atoms with van der Waals surface area (Å²) in [5.41, 5.74) is 0.0919. The smallest absolute Gasteiger partial charge is 0.225 e. The second-order valence-corrected chi connectivity index (χ2v) is 5.60. The minimum atomic E-state index is -0.839. The van der Waals surface area contributed by atoms with Crippen molar-refractivity contribution >= 4 is 23.4 Å². The molecule has 1 atom stereocenters. The van der Waals surface area contributed by atoms with Crippen molar-refractivity contribution < 1.29 is 18.3 Å². The number of methoxy groups -OCH3 is 1. The summed E-state index contributed by atoms with van der Waals surface area (Å²) < 4.78 is 31.6. The molecule has 0 spiro atoms. The van der Waals surface area contributed by atoms with E-state index < -0.39 is 17.4 Å². The molecule has 0 bridgehead atoms. The van der Waals surface area contributed by atoms with Crippen LogP contribution < -0.4 is 15.4 Å². The van der Waals surface area contributed by atoms with Crippen molar-refractivity contribution in [2.75, 3.05) is 30.5 Å². The number of amides is 1. The Balaban J connectivity index is 1.97. The first-order valence-corrected chi connectivity index (χ1v) is 7.39. The fraction of sp³-hybridized carbons (Fsp3) is 0.462. The fourth-order valence-electron chi connectivity index (χ4n) is 2.01. The van der Waals surface area contributed by atoms with Crippen LogP contribution in [0, 0.1) is 11.6 Å². The first-order valence-electron chi connectivity index (χ1n) is 6.24. The van der Waals surface area contributed by atoms with Crippen molar-refractivity contribution in [3.05, 3.63) is 23.8 Å². The van der Waals surface area contributed by atoms with Crippen LogP contribution in [0.15, 0.2) is 12.1 Å². The van der Waals surface area contributed by atoms with Gasteiger partial charge in [0, 0.05) is 48.3 Å². The topological polar surface area (TPSA) is 50.4 Å². The summed E-state index contributed by atoms with van der Waals surface area (Å²) in [7, 11) is 1.19. The lowest BCUT2D eigenvalue weighted by Crippen LogP contribution is -2.39. The highest BCUT2D eigenvalue weighted by Crippen LogP contribution is 2.25. The Labute approximate surface area is 120 Å². The Kier molecular flexibility index (Phi) is 5.19. The van der Waals surface area contributed by atoms with Crippen LogP contribution in [-0.4, -0.2) is 37.1 Å². The highest BCUT2D eigenvalue weighted by atomic mass is 32.2. The van der Waals surface area contributed by atoms with Crippen molar-refractivity contribution in [2.24, 2.45) is 0 Å². The molecule has 1 aliphatic rings. The molecule has 2 rings (SSSR count). The zero-order valence-corrected chi connectivity index (χ0v) is 11.9. The second-order valence-electron chi connectivity index (χ2n) is 4.45. The normalized spacial score (nSPS) is 18.6. The Bertz CT molecular complexity index is 470. The minimum Gasteiger partial charge on any atom is -0.491 e. The molecule has 7 heteroatoms. The van der Waals surface area contributed by atoms with E-state index in [9.17, 15) is 13.6 Å². The van der Waals surface area contributed by atoms with Gasteiger partial charge in [0.05, 0.1) is 7.11 Å². The number of anilines is 1. The van der Waals surface area contributed by atoms with Crippen LogP contribution in [0.2, 0.25) is 0 Å². The number of halogens is 2. The lowest BCUT2D eigenvalue weighted by Gasteiger charge is -2.22. The van der Waals surface area contributed by atoms with Crippen molar-refractivity contribution in [3.63, 3.8) is 0 Å². The number of ether oxygens (including phenoxy) is 1. The van der Waals surface area contributed by atoms with Crippen molar-refractivity contribution in [1.29, 1.82) is 0 Å². The van der Waals surface area contributed by atoms with E-state index in [0.717, 1.165) is 30.2 Å². The Morgan fingerprint density at radius 3 is 2.75 bits per heavy atom. The standard InChI is InChI=1S/C13H16F2N2O2S/c1-19-13-10(14)4-8(5-11(13)15)17-12(18)6-9-7-20-3-2-16-9/h4-5,9,16H,2-3,6-7H2,1H3,(H,17,18). The molecule has 1 aliphatic heterocycles. The summed E-state index contributed by atoms with van der Waals surface area (Å²) in [6.07, 6.45) is 0.280. The SMILES string of the molecule is COc1c(F)cc(NC(=O)CC2CSCCN2)cc1F. The third kappa shape index (κ3) is 3.83. The molecule has 0 aliphatic carbocycles. The summed E-state index contributed by atoms with van der Waals surface area (Å²) in [5.74, 6) is -0.503. The van der Waals surface area contributed by atoms with Crippen LogP contribution in [0.1, 0.15) is 6.42 Å². The number of carbonyl (C=O) groups is 1. The molecule has 4 nitrogen and oxygen atoms in total. The van der Waals surface area contributed by atoms with Gasteiger partial charge in [0.15, 0.2) is 17.4 Å². The van der Waals surface area contributed by atoms with Gasteiger partial charge in [0.25, 0.3) is 0 Å². The lowest BCUT2D eigenvalue weighted by atomic mass is 10.2. The largest absolute Gasteiger partial charge is 0.491 e. The van der Waals surface area contributed by atoms with E-state index in [1.54, 1.807) is 11.8 Å². The molecule has 1 aromatic rings. The number of benzene rings is 1. The first kappa shape index (κ1) is 15.1. The van der Waals surface area contributed by atoms with Gasteiger partial charge >= 0.3 is 0 Å². The van der Waals surface area contributed by atoms with Crippen LogP contribution in [0.5, 0.6) is 5.75 Å². The minimum absolute atomic E-state index is 0.0919. The highest BCUT2D eigenvalue weighted by molar-refractivity contribution is 7.99. The molecule has 1 fully saturated rings. The van der Waals surface area contributed by atoms with E-state index in [4.69, 9.17) is 0 Å². The van der Waals surface area contributed by atoms with E-state index in [1.165, 1.54) is 7.11 Å². The number of nitrogens with one attached hydrogen (secondary N) is 2. The predicted octanol–water partition coefficient (Wildman–Crippen LogP) is 2.01. The van der Waals surface area contributed by atoms with Gasteiger partial charge in [-0.15, -0.1) is 0 Å². The molecule has 20 heavy (non-hydrogen) atoms. The Morgan fingerprint density at radius 1 is 1.50 bits per heavy atom. The van der Waals surface area contributed by atoms with Crippen molar-refractivity contribution in [1.82, 2.24) is 5.32 Å². The van der Waals surface area contributed by atoms with E-state index >= 15 is 0 Å². The van der Waals surface area contributed by atoms with Gasteiger partial charge in [0.2, 0.25) is 5.91 Å². The molecule has 0 saturated carbocycles. The van der Waals surface area contributed by atoms with Gasteiger partial charge in [-0.3, -0.25) is 4.79 Å². The molecule has 0 aromatic heterocycles. The van der Waals surface area contributed by atoms with Crippen molar-refractivity contribution in [3.8, 4) is 5.75 Å². The number of thioether (sulfide) groups is 1. The maximum absolute atomic E-state index is 13.5. The quantitative estimate of drug-likeness (QED) is 0.893. The highest BCUT2D eigenvalue weighted by Gasteiger charge is 2.18. The number of hydrogen-bond donors (Lipinski definition) is 2. The summed E-state index contributed by atoms with van der Waals surface area (Å²) in [4.78, 5) is 11.8. The van der Waals surface area contributed by atoms with Gasteiger partial charge in [-0.05, 0) is 0 Å². The van der Waals surface area contributed by atoms with Crippen LogP contribution in [0.4, 0.5) is 14.5 Å². The maximum Gasteiger partial charge on any atom is 0.225 e.